The molecule has 1 amide bonds. The number of nitrogens with two attached hydrogens (primary N) is 1. The summed E-state index contributed by atoms with van der Waals surface area (Å²) in [5, 5.41) is 19.2. The van der Waals surface area contributed by atoms with Crippen molar-refractivity contribution in [2.75, 3.05) is 0 Å². The molecule has 0 spiro atoms. The second-order valence-electron chi connectivity index (χ2n) is 6.37. The van der Waals surface area contributed by atoms with Gasteiger partial charge in [-0.2, -0.15) is 5.26 Å². The zero-order valence-corrected chi connectivity index (χ0v) is 14.3. The molecule has 0 atom stereocenters. The summed E-state index contributed by atoms with van der Waals surface area (Å²) >= 11 is 0. The van der Waals surface area contributed by atoms with Crippen LogP contribution in [0.1, 0.15) is 25.0 Å². The monoisotopic (exact) mass is 347 g/mol. The lowest BCUT2D eigenvalue weighted by atomic mass is 9.96. The molecule has 0 unspecified atom stereocenters. The van der Waals surface area contributed by atoms with E-state index >= 15 is 0 Å². The smallest absolute Gasteiger partial charge is 0.259 e. The number of aromatic amines is 1. The fourth-order valence-electron chi connectivity index (χ4n) is 2.53. The Morgan fingerprint density at radius 3 is 2.85 bits per heavy atom. The van der Waals surface area contributed by atoms with Crippen molar-refractivity contribution in [3.63, 3.8) is 0 Å². The van der Waals surface area contributed by atoms with Gasteiger partial charge in [0.05, 0.1) is 17.5 Å². The molecule has 0 aliphatic rings. The van der Waals surface area contributed by atoms with Gasteiger partial charge in [-0.05, 0) is 31.6 Å². The Balaban J connectivity index is 2.12. The minimum Gasteiger partial charge on any atom is -0.386 e. The van der Waals surface area contributed by atoms with E-state index in [1.807, 2.05) is 24.3 Å². The topological polar surface area (TPSA) is 129 Å². The number of fused-ring (bicyclic) bond motifs is 1. The summed E-state index contributed by atoms with van der Waals surface area (Å²) in [5.74, 6) is -0.802. The van der Waals surface area contributed by atoms with Crippen LogP contribution in [-0.4, -0.2) is 26.0 Å². The van der Waals surface area contributed by atoms with E-state index in [9.17, 15) is 9.90 Å². The number of aliphatic hydroxyl groups is 1. The summed E-state index contributed by atoms with van der Waals surface area (Å²) in [6.07, 6.45) is 4.62. The first kappa shape index (κ1) is 17.3. The number of nitriles is 1. The zero-order valence-electron chi connectivity index (χ0n) is 14.3. The quantitative estimate of drug-likeness (QED) is 0.492. The third-order valence-corrected chi connectivity index (χ3v) is 3.96. The van der Waals surface area contributed by atoms with Crippen molar-refractivity contribution in [1.29, 1.82) is 5.26 Å². The fraction of sp³-hybridized carbons (Fsp3) is 0.158. The summed E-state index contributed by atoms with van der Waals surface area (Å²) in [7, 11) is 0. The first-order valence-corrected chi connectivity index (χ1v) is 7.88. The van der Waals surface area contributed by atoms with Crippen LogP contribution >= 0.6 is 0 Å². The van der Waals surface area contributed by atoms with Gasteiger partial charge in [0.15, 0.2) is 5.65 Å². The Kier molecular flexibility index (Phi) is 4.28. The van der Waals surface area contributed by atoms with Crippen LogP contribution in [0.3, 0.4) is 0 Å². The third kappa shape index (κ3) is 3.31. The van der Waals surface area contributed by atoms with Gasteiger partial charge >= 0.3 is 0 Å². The SMILES string of the molecule is CC(C)(O)c1cccc(-c2cnc3[nH]cc(/C=C(\C#N)C(N)=O)c3n2)c1. The zero-order chi connectivity index (χ0) is 18.9. The molecule has 0 saturated carbocycles. The highest BCUT2D eigenvalue weighted by Gasteiger charge is 2.17. The van der Waals surface area contributed by atoms with E-state index in [1.54, 1.807) is 32.3 Å². The number of carbonyl (C=O) groups excluding carboxylic acids is 1. The molecule has 2 aromatic heterocycles. The van der Waals surface area contributed by atoms with E-state index in [2.05, 4.69) is 15.0 Å². The molecule has 0 aliphatic carbocycles. The van der Waals surface area contributed by atoms with Crippen molar-refractivity contribution in [2.24, 2.45) is 5.73 Å². The second kappa shape index (κ2) is 6.43. The highest BCUT2D eigenvalue weighted by atomic mass is 16.3. The van der Waals surface area contributed by atoms with Crippen LogP contribution in [0.25, 0.3) is 28.5 Å². The van der Waals surface area contributed by atoms with E-state index in [-0.39, 0.29) is 5.57 Å². The van der Waals surface area contributed by atoms with Gasteiger partial charge in [0, 0.05) is 17.3 Å². The summed E-state index contributed by atoms with van der Waals surface area (Å²) < 4.78 is 0. The first-order valence-electron chi connectivity index (χ1n) is 7.88. The molecule has 3 rings (SSSR count). The second-order valence-corrected chi connectivity index (χ2v) is 6.37. The largest absolute Gasteiger partial charge is 0.386 e. The van der Waals surface area contributed by atoms with Gasteiger partial charge in [0.1, 0.15) is 17.2 Å². The van der Waals surface area contributed by atoms with E-state index in [0.29, 0.717) is 22.4 Å². The molecule has 4 N–H and O–H groups in total. The van der Waals surface area contributed by atoms with E-state index in [4.69, 9.17) is 11.0 Å². The van der Waals surface area contributed by atoms with Crippen LogP contribution in [0.5, 0.6) is 0 Å². The highest BCUT2D eigenvalue weighted by Crippen LogP contribution is 2.26. The molecule has 2 heterocycles. The standard InChI is InChI=1S/C19H17N5O2/c1-19(2,26)14-5-3-4-11(7-14)15-10-23-18-16(24-15)13(9-22-18)6-12(8-20)17(21)25/h3-7,9-10,26H,1-2H3,(H2,21,25)(H,22,23)/b12-6+. The molecular formula is C19H17N5O2. The van der Waals surface area contributed by atoms with Crippen molar-refractivity contribution in [1.82, 2.24) is 15.0 Å². The van der Waals surface area contributed by atoms with E-state index < -0.39 is 11.5 Å². The van der Waals surface area contributed by atoms with Crippen LogP contribution in [-0.2, 0) is 10.4 Å². The molecule has 0 fully saturated rings. The van der Waals surface area contributed by atoms with Crippen molar-refractivity contribution >= 4 is 23.1 Å². The summed E-state index contributed by atoms with van der Waals surface area (Å²) in [5.41, 5.74) is 7.80. The summed E-state index contributed by atoms with van der Waals surface area (Å²) in [6, 6.07) is 9.17. The molecule has 130 valence electrons. The molecule has 0 radical (unpaired) electrons. The number of nitrogens with one attached hydrogen (secondary N) is 1. The number of rotatable bonds is 4. The number of carbonyl (C=O) groups is 1. The first-order chi connectivity index (χ1) is 12.3. The number of benzene rings is 1. The molecule has 0 bridgehead atoms. The van der Waals surface area contributed by atoms with Gasteiger partial charge in [0.25, 0.3) is 5.91 Å². The minimum absolute atomic E-state index is 0.165. The van der Waals surface area contributed by atoms with Crippen LogP contribution in [0.4, 0.5) is 0 Å². The predicted octanol–water partition coefficient (Wildman–Crippen LogP) is 2.24. The lowest BCUT2D eigenvalue weighted by molar-refractivity contribution is -0.114. The molecule has 7 heteroatoms. The summed E-state index contributed by atoms with van der Waals surface area (Å²) in [4.78, 5) is 23.2. The molecule has 0 aliphatic heterocycles. The average Bonchev–Trinajstić information content (AvgIpc) is 3.00. The molecule has 0 saturated heterocycles. The molecular weight excluding hydrogens is 330 g/mol. The highest BCUT2D eigenvalue weighted by molar-refractivity contribution is 6.02. The Hall–Kier alpha value is -3.50. The Bertz CT molecular complexity index is 1070. The fourth-order valence-corrected chi connectivity index (χ4v) is 2.53. The van der Waals surface area contributed by atoms with Gasteiger partial charge in [-0.3, -0.25) is 4.79 Å². The minimum atomic E-state index is -0.974. The Morgan fingerprint density at radius 2 is 2.19 bits per heavy atom. The maximum Gasteiger partial charge on any atom is 0.259 e. The van der Waals surface area contributed by atoms with Crippen LogP contribution < -0.4 is 5.73 Å². The number of primary amides is 1. The number of hydrogen-bond acceptors (Lipinski definition) is 5. The van der Waals surface area contributed by atoms with Crippen LogP contribution in [0.2, 0.25) is 0 Å². The number of H-pyrrole nitrogens is 1. The molecule has 7 nitrogen and oxygen atoms in total. The van der Waals surface area contributed by atoms with Crippen molar-refractivity contribution in [2.45, 2.75) is 19.4 Å². The number of hydrogen-bond donors (Lipinski definition) is 3. The summed E-state index contributed by atoms with van der Waals surface area (Å²) in [6.45, 7) is 3.42. The Morgan fingerprint density at radius 1 is 1.42 bits per heavy atom. The van der Waals surface area contributed by atoms with Gasteiger partial charge in [-0.15, -0.1) is 0 Å². The lowest BCUT2D eigenvalue weighted by Crippen LogP contribution is -2.15. The molecule has 1 aromatic carbocycles. The number of aromatic nitrogens is 3. The normalized spacial score (nSPS) is 12.2. The lowest BCUT2D eigenvalue weighted by Gasteiger charge is -2.18. The van der Waals surface area contributed by atoms with Gasteiger partial charge in [-0.25, -0.2) is 9.97 Å². The van der Waals surface area contributed by atoms with Gasteiger partial charge < -0.3 is 15.8 Å². The van der Waals surface area contributed by atoms with E-state index in [1.165, 1.54) is 6.08 Å². The van der Waals surface area contributed by atoms with Crippen molar-refractivity contribution in [3.05, 3.63) is 53.4 Å². The van der Waals surface area contributed by atoms with Gasteiger partial charge in [-0.1, -0.05) is 18.2 Å². The van der Waals surface area contributed by atoms with Crippen molar-refractivity contribution < 1.29 is 9.90 Å². The third-order valence-electron chi connectivity index (χ3n) is 3.96. The van der Waals surface area contributed by atoms with E-state index in [0.717, 1.165) is 11.1 Å². The Labute approximate surface area is 149 Å². The molecule has 26 heavy (non-hydrogen) atoms. The predicted molar refractivity (Wildman–Crippen MR) is 97.4 cm³/mol. The number of nitrogens with zero attached hydrogens (tertiary/aromatic N) is 3. The average molecular weight is 347 g/mol. The van der Waals surface area contributed by atoms with Crippen molar-refractivity contribution in [3.8, 4) is 17.3 Å². The van der Waals surface area contributed by atoms with Gasteiger partial charge in [0.2, 0.25) is 0 Å². The maximum absolute atomic E-state index is 11.3. The molecule has 3 aromatic rings. The number of amides is 1. The van der Waals surface area contributed by atoms with Crippen LogP contribution in [0, 0.1) is 11.3 Å². The maximum atomic E-state index is 11.3. The van der Waals surface area contributed by atoms with Crippen LogP contribution in [0.15, 0.2) is 42.2 Å².